The molecule has 1 aromatic carbocycles. The van der Waals surface area contributed by atoms with Crippen molar-refractivity contribution in [3.05, 3.63) is 57.8 Å². The SMILES string of the molecule is CN=C(NCc1ccccc1CN1CCCC1=O)NCC(C)(C)c1cccs1.I. The van der Waals surface area contributed by atoms with Gasteiger partial charge in [0.15, 0.2) is 5.96 Å². The molecule has 5 nitrogen and oxygen atoms in total. The van der Waals surface area contributed by atoms with Crippen LogP contribution in [0.1, 0.15) is 42.7 Å². The summed E-state index contributed by atoms with van der Waals surface area (Å²) in [4.78, 5) is 19.6. The van der Waals surface area contributed by atoms with Crippen molar-refractivity contribution in [2.24, 2.45) is 4.99 Å². The van der Waals surface area contributed by atoms with E-state index in [0.717, 1.165) is 25.5 Å². The molecule has 1 saturated heterocycles. The van der Waals surface area contributed by atoms with Crippen molar-refractivity contribution in [3.63, 3.8) is 0 Å². The summed E-state index contributed by atoms with van der Waals surface area (Å²) in [6, 6.07) is 12.6. The van der Waals surface area contributed by atoms with Gasteiger partial charge < -0.3 is 15.5 Å². The van der Waals surface area contributed by atoms with Gasteiger partial charge in [-0.1, -0.05) is 44.2 Å². The molecule has 0 aliphatic carbocycles. The van der Waals surface area contributed by atoms with Crippen molar-refractivity contribution in [2.45, 2.75) is 45.2 Å². The third-order valence-corrected chi connectivity index (χ3v) is 6.44. The molecule has 1 fully saturated rings. The Hall–Kier alpha value is -1.61. The van der Waals surface area contributed by atoms with E-state index in [2.05, 4.69) is 59.1 Å². The smallest absolute Gasteiger partial charge is 0.222 e. The van der Waals surface area contributed by atoms with Crippen LogP contribution in [0.5, 0.6) is 0 Å². The summed E-state index contributed by atoms with van der Waals surface area (Å²) in [6.07, 6.45) is 1.65. The first-order chi connectivity index (χ1) is 13.5. The predicted molar refractivity (Wildman–Crippen MR) is 132 cm³/mol. The van der Waals surface area contributed by atoms with Crippen molar-refractivity contribution in [1.29, 1.82) is 0 Å². The van der Waals surface area contributed by atoms with Crippen molar-refractivity contribution in [1.82, 2.24) is 15.5 Å². The zero-order chi connectivity index (χ0) is 20.0. The molecule has 2 aromatic rings. The molecule has 7 heteroatoms. The van der Waals surface area contributed by atoms with E-state index in [9.17, 15) is 4.79 Å². The molecule has 1 aliphatic heterocycles. The Morgan fingerprint density at radius 1 is 1.17 bits per heavy atom. The Kier molecular flexibility index (Phi) is 8.95. The van der Waals surface area contributed by atoms with E-state index in [1.807, 2.05) is 17.0 Å². The number of nitrogens with zero attached hydrogens (tertiary/aromatic N) is 2. The summed E-state index contributed by atoms with van der Waals surface area (Å²) in [5.41, 5.74) is 2.43. The van der Waals surface area contributed by atoms with Crippen LogP contribution in [0.25, 0.3) is 0 Å². The second-order valence-electron chi connectivity index (χ2n) is 7.83. The largest absolute Gasteiger partial charge is 0.356 e. The average molecular weight is 526 g/mol. The number of amides is 1. The monoisotopic (exact) mass is 526 g/mol. The molecule has 1 aromatic heterocycles. The summed E-state index contributed by atoms with van der Waals surface area (Å²) < 4.78 is 0. The molecular formula is C22H31IN4OS. The van der Waals surface area contributed by atoms with E-state index in [0.29, 0.717) is 19.5 Å². The number of nitrogens with one attached hydrogen (secondary N) is 2. The molecule has 2 heterocycles. The Bertz CT molecular complexity index is 820. The summed E-state index contributed by atoms with van der Waals surface area (Å²) in [6.45, 7) is 7.51. The number of thiophene rings is 1. The summed E-state index contributed by atoms with van der Waals surface area (Å²) >= 11 is 1.78. The summed E-state index contributed by atoms with van der Waals surface area (Å²) in [5.74, 6) is 1.05. The van der Waals surface area contributed by atoms with E-state index in [1.54, 1.807) is 18.4 Å². The van der Waals surface area contributed by atoms with Gasteiger partial charge in [0, 0.05) is 49.9 Å². The first-order valence-electron chi connectivity index (χ1n) is 9.82. The van der Waals surface area contributed by atoms with Gasteiger partial charge in [0.25, 0.3) is 0 Å². The van der Waals surface area contributed by atoms with Crippen LogP contribution in [0.2, 0.25) is 0 Å². The highest BCUT2D eigenvalue weighted by Gasteiger charge is 2.22. The van der Waals surface area contributed by atoms with E-state index in [4.69, 9.17) is 0 Å². The van der Waals surface area contributed by atoms with Crippen molar-refractivity contribution >= 4 is 47.2 Å². The molecule has 158 valence electrons. The van der Waals surface area contributed by atoms with Crippen LogP contribution in [0.4, 0.5) is 0 Å². The lowest BCUT2D eigenvalue weighted by Crippen LogP contribution is -2.43. The van der Waals surface area contributed by atoms with Gasteiger partial charge in [-0.3, -0.25) is 9.79 Å². The van der Waals surface area contributed by atoms with Crippen molar-refractivity contribution in [3.8, 4) is 0 Å². The standard InChI is InChI=1S/C22H30N4OS.HI/c1-22(2,19-10-7-13-28-19)16-25-21(23-3)24-14-17-8-4-5-9-18(17)15-26-12-6-11-20(26)27;/h4-5,7-10,13H,6,11-12,14-16H2,1-3H3,(H2,23,24,25);1H. The van der Waals surface area contributed by atoms with E-state index in [1.165, 1.54) is 16.0 Å². The molecule has 2 N–H and O–H groups in total. The molecule has 1 amide bonds. The van der Waals surface area contributed by atoms with Crippen LogP contribution in [-0.4, -0.2) is 36.9 Å². The van der Waals surface area contributed by atoms with Gasteiger partial charge in [-0.25, -0.2) is 0 Å². The Balaban J connectivity index is 0.00000300. The summed E-state index contributed by atoms with van der Waals surface area (Å²) in [5, 5.41) is 8.99. The second kappa shape index (κ2) is 11.0. The lowest BCUT2D eigenvalue weighted by Gasteiger charge is -2.25. The molecule has 3 rings (SSSR count). The molecule has 0 bridgehead atoms. The number of benzene rings is 1. The van der Waals surface area contributed by atoms with E-state index in [-0.39, 0.29) is 35.3 Å². The molecule has 0 atom stereocenters. The number of hydrogen-bond donors (Lipinski definition) is 2. The highest BCUT2D eigenvalue weighted by Crippen LogP contribution is 2.26. The maximum atomic E-state index is 12.0. The fourth-order valence-corrected chi connectivity index (χ4v) is 4.27. The van der Waals surface area contributed by atoms with Gasteiger partial charge in [0.05, 0.1) is 0 Å². The van der Waals surface area contributed by atoms with Crippen LogP contribution in [0.3, 0.4) is 0 Å². The van der Waals surface area contributed by atoms with Gasteiger partial charge >= 0.3 is 0 Å². The predicted octanol–water partition coefficient (Wildman–Crippen LogP) is 4.13. The average Bonchev–Trinajstić information content (AvgIpc) is 3.36. The van der Waals surface area contributed by atoms with Gasteiger partial charge in [-0.05, 0) is 29.0 Å². The van der Waals surface area contributed by atoms with Crippen LogP contribution in [-0.2, 0) is 23.3 Å². The van der Waals surface area contributed by atoms with Gasteiger partial charge in [0.1, 0.15) is 0 Å². The molecule has 0 radical (unpaired) electrons. The highest BCUT2D eigenvalue weighted by molar-refractivity contribution is 14.0. The number of rotatable bonds is 7. The number of halogens is 1. The molecule has 29 heavy (non-hydrogen) atoms. The Labute approximate surface area is 195 Å². The fourth-order valence-electron chi connectivity index (χ4n) is 3.42. The minimum absolute atomic E-state index is 0. The number of carbonyl (C=O) groups excluding carboxylic acids is 1. The maximum absolute atomic E-state index is 12.0. The Morgan fingerprint density at radius 3 is 2.55 bits per heavy atom. The van der Waals surface area contributed by atoms with Crippen LogP contribution in [0, 0.1) is 0 Å². The zero-order valence-corrected chi connectivity index (χ0v) is 20.6. The van der Waals surface area contributed by atoms with Crippen molar-refractivity contribution < 1.29 is 4.79 Å². The first-order valence-corrected chi connectivity index (χ1v) is 10.7. The number of hydrogen-bond acceptors (Lipinski definition) is 3. The van der Waals surface area contributed by atoms with Gasteiger partial charge in [-0.2, -0.15) is 0 Å². The van der Waals surface area contributed by atoms with Crippen LogP contribution >= 0.6 is 35.3 Å². The molecule has 0 unspecified atom stereocenters. The van der Waals surface area contributed by atoms with Gasteiger partial charge in [0.2, 0.25) is 5.91 Å². The topological polar surface area (TPSA) is 56.7 Å². The lowest BCUT2D eigenvalue weighted by molar-refractivity contribution is -0.128. The minimum atomic E-state index is 0. The van der Waals surface area contributed by atoms with Crippen molar-refractivity contribution in [2.75, 3.05) is 20.1 Å². The molecule has 0 spiro atoms. The third kappa shape index (κ3) is 6.44. The van der Waals surface area contributed by atoms with Gasteiger partial charge in [-0.15, -0.1) is 35.3 Å². The summed E-state index contributed by atoms with van der Waals surface area (Å²) in [7, 11) is 1.79. The maximum Gasteiger partial charge on any atom is 0.222 e. The molecular weight excluding hydrogens is 495 g/mol. The van der Waals surface area contributed by atoms with E-state index >= 15 is 0 Å². The molecule has 1 aliphatic rings. The molecule has 0 saturated carbocycles. The van der Waals surface area contributed by atoms with Crippen LogP contribution < -0.4 is 10.6 Å². The first kappa shape index (κ1) is 23.7. The number of guanidine groups is 1. The highest BCUT2D eigenvalue weighted by atomic mass is 127. The number of carbonyl (C=O) groups is 1. The zero-order valence-electron chi connectivity index (χ0n) is 17.4. The van der Waals surface area contributed by atoms with Crippen LogP contribution in [0.15, 0.2) is 46.8 Å². The third-order valence-electron chi connectivity index (χ3n) is 5.21. The van der Waals surface area contributed by atoms with E-state index < -0.39 is 0 Å². The number of likely N-dealkylation sites (tertiary alicyclic amines) is 1. The number of aliphatic imine (C=N–C) groups is 1. The minimum Gasteiger partial charge on any atom is -0.356 e. The normalized spacial score (nSPS) is 14.7. The Morgan fingerprint density at radius 2 is 1.93 bits per heavy atom. The lowest BCUT2D eigenvalue weighted by atomic mass is 9.91. The quantitative estimate of drug-likeness (QED) is 0.324. The fraction of sp³-hybridized carbons (Fsp3) is 0.455. The second-order valence-corrected chi connectivity index (χ2v) is 8.78.